The van der Waals surface area contributed by atoms with Gasteiger partial charge in [-0.2, -0.15) is 5.10 Å². The number of hydrogen-bond acceptors (Lipinski definition) is 4. The van der Waals surface area contributed by atoms with Crippen molar-refractivity contribution >= 4 is 21.7 Å². The van der Waals surface area contributed by atoms with Crippen LogP contribution in [0.2, 0.25) is 0 Å². The molecule has 5 nitrogen and oxygen atoms in total. The molecule has 0 spiro atoms. The quantitative estimate of drug-likeness (QED) is 0.792. The van der Waals surface area contributed by atoms with Crippen LogP contribution in [0.4, 0.5) is 0 Å². The number of aryl methyl sites for hydroxylation is 1. The lowest BCUT2D eigenvalue weighted by atomic mass is 10.2. The second-order valence-corrected chi connectivity index (χ2v) is 5.46. The predicted molar refractivity (Wildman–Crippen MR) is 75.4 cm³/mol. The zero-order valence-electron chi connectivity index (χ0n) is 11.2. The molecule has 0 atom stereocenters. The average molecular weight is 326 g/mol. The molecule has 2 aromatic rings. The van der Waals surface area contributed by atoms with Crippen LogP contribution in [0, 0.1) is 6.92 Å². The minimum Gasteiger partial charge on any atom is -0.458 e. The summed E-state index contributed by atoms with van der Waals surface area (Å²) in [5, 5.41) is 4.22. The first kappa shape index (κ1) is 14.0. The van der Waals surface area contributed by atoms with Crippen LogP contribution >= 0.6 is 15.9 Å². The van der Waals surface area contributed by atoms with Crippen molar-refractivity contribution in [3.05, 3.63) is 40.0 Å². The van der Waals surface area contributed by atoms with Crippen LogP contribution in [0.1, 0.15) is 22.0 Å². The number of hydrogen-bond donors (Lipinski definition) is 0. The molecule has 0 fully saturated rings. The summed E-state index contributed by atoms with van der Waals surface area (Å²) >= 11 is 3.37. The van der Waals surface area contributed by atoms with E-state index in [2.05, 4.69) is 21.0 Å². The molecule has 102 valence electrons. The van der Waals surface area contributed by atoms with Gasteiger partial charge in [0.15, 0.2) is 5.76 Å². The van der Waals surface area contributed by atoms with Crippen molar-refractivity contribution in [3.63, 3.8) is 0 Å². The molecule has 0 aliphatic carbocycles. The maximum absolute atomic E-state index is 12.4. The van der Waals surface area contributed by atoms with Gasteiger partial charge in [0.1, 0.15) is 11.5 Å². The van der Waals surface area contributed by atoms with Crippen LogP contribution in [0.5, 0.6) is 0 Å². The molecule has 0 aliphatic heterocycles. The van der Waals surface area contributed by atoms with Gasteiger partial charge < -0.3 is 9.32 Å². The molecule has 19 heavy (non-hydrogen) atoms. The Labute approximate surface area is 120 Å². The first-order valence-corrected chi connectivity index (χ1v) is 6.75. The van der Waals surface area contributed by atoms with Crippen LogP contribution in [0.15, 0.2) is 27.2 Å². The summed E-state index contributed by atoms with van der Waals surface area (Å²) in [5.41, 5.74) is 0.524. The number of ketones is 1. The number of aromatic nitrogens is 2. The first-order chi connectivity index (χ1) is 8.99. The van der Waals surface area contributed by atoms with Gasteiger partial charge in [-0.05, 0) is 49.1 Å². The zero-order valence-corrected chi connectivity index (χ0v) is 12.8. The molecule has 0 radical (unpaired) electrons. The Kier molecular flexibility index (Phi) is 4.21. The topological polar surface area (TPSA) is 51.3 Å². The lowest BCUT2D eigenvalue weighted by Crippen LogP contribution is -2.21. The van der Waals surface area contributed by atoms with Gasteiger partial charge in [0.2, 0.25) is 5.78 Å². The van der Waals surface area contributed by atoms with Crippen molar-refractivity contribution in [3.8, 4) is 0 Å². The molecule has 0 saturated carbocycles. The Morgan fingerprint density at radius 2 is 2.21 bits per heavy atom. The SMILES string of the molecule is Cc1ccc(C(=O)c2c(Br)cnn2CCN(C)C)o1. The van der Waals surface area contributed by atoms with E-state index in [9.17, 15) is 4.79 Å². The molecular formula is C13H16BrN3O2. The Morgan fingerprint density at radius 1 is 1.47 bits per heavy atom. The van der Waals surface area contributed by atoms with E-state index in [4.69, 9.17) is 4.42 Å². The van der Waals surface area contributed by atoms with Crippen molar-refractivity contribution in [2.24, 2.45) is 0 Å². The second-order valence-electron chi connectivity index (χ2n) is 4.61. The molecule has 0 N–H and O–H groups in total. The Balaban J connectivity index is 2.28. The molecule has 0 aliphatic rings. The lowest BCUT2D eigenvalue weighted by Gasteiger charge is -2.11. The highest BCUT2D eigenvalue weighted by Gasteiger charge is 2.21. The van der Waals surface area contributed by atoms with Crippen LogP contribution in [-0.2, 0) is 6.54 Å². The summed E-state index contributed by atoms with van der Waals surface area (Å²) in [5.74, 6) is 0.903. The van der Waals surface area contributed by atoms with Gasteiger partial charge in [0.05, 0.1) is 17.2 Å². The fourth-order valence-corrected chi connectivity index (χ4v) is 2.20. The maximum Gasteiger partial charge on any atom is 0.247 e. The van der Waals surface area contributed by atoms with E-state index in [0.717, 1.165) is 12.3 Å². The van der Waals surface area contributed by atoms with E-state index < -0.39 is 0 Å². The number of nitrogens with zero attached hydrogens (tertiary/aromatic N) is 3. The summed E-state index contributed by atoms with van der Waals surface area (Å²) in [6, 6.07) is 3.47. The van der Waals surface area contributed by atoms with E-state index in [1.807, 2.05) is 25.9 Å². The number of carbonyl (C=O) groups excluding carboxylic acids is 1. The molecule has 0 bridgehead atoms. The minimum absolute atomic E-state index is 0.156. The largest absolute Gasteiger partial charge is 0.458 e. The number of furan rings is 1. The Hall–Kier alpha value is -1.40. The summed E-state index contributed by atoms with van der Waals surface area (Å²) < 4.78 is 7.77. The summed E-state index contributed by atoms with van der Waals surface area (Å²) in [4.78, 5) is 14.5. The molecule has 6 heteroatoms. The third-order valence-corrected chi connectivity index (χ3v) is 3.31. The zero-order chi connectivity index (χ0) is 14.0. The van der Waals surface area contributed by atoms with Crippen molar-refractivity contribution in [1.29, 1.82) is 0 Å². The molecule has 2 heterocycles. The van der Waals surface area contributed by atoms with Gasteiger partial charge in [-0.3, -0.25) is 9.48 Å². The molecule has 0 unspecified atom stereocenters. The van der Waals surface area contributed by atoms with Gasteiger partial charge >= 0.3 is 0 Å². The van der Waals surface area contributed by atoms with Gasteiger partial charge in [0, 0.05) is 6.54 Å². The number of halogens is 1. The predicted octanol–water partition coefficient (Wildman–Crippen LogP) is 2.34. The van der Waals surface area contributed by atoms with Crippen LogP contribution in [0.3, 0.4) is 0 Å². The smallest absolute Gasteiger partial charge is 0.247 e. The fourth-order valence-electron chi connectivity index (χ4n) is 1.73. The van der Waals surface area contributed by atoms with Crippen LogP contribution in [-0.4, -0.2) is 41.1 Å². The van der Waals surface area contributed by atoms with E-state index in [1.54, 1.807) is 23.0 Å². The van der Waals surface area contributed by atoms with E-state index in [1.165, 1.54) is 0 Å². The third kappa shape index (κ3) is 3.13. The Bertz CT molecular complexity index is 586. The summed E-state index contributed by atoms with van der Waals surface area (Å²) in [6.45, 7) is 3.28. The highest BCUT2D eigenvalue weighted by Crippen LogP contribution is 2.21. The van der Waals surface area contributed by atoms with Crippen LogP contribution < -0.4 is 0 Å². The number of rotatable bonds is 5. The second kappa shape index (κ2) is 5.71. The third-order valence-electron chi connectivity index (χ3n) is 2.73. The Morgan fingerprint density at radius 3 is 2.79 bits per heavy atom. The van der Waals surface area contributed by atoms with E-state index >= 15 is 0 Å². The minimum atomic E-state index is -0.156. The first-order valence-electron chi connectivity index (χ1n) is 5.96. The number of likely N-dealkylation sites (N-methyl/N-ethyl adjacent to an activating group) is 1. The molecular weight excluding hydrogens is 310 g/mol. The van der Waals surface area contributed by atoms with Crippen molar-refractivity contribution in [2.45, 2.75) is 13.5 Å². The summed E-state index contributed by atoms with van der Waals surface area (Å²) in [6.07, 6.45) is 1.64. The summed E-state index contributed by atoms with van der Waals surface area (Å²) in [7, 11) is 3.96. The average Bonchev–Trinajstić information content (AvgIpc) is 2.92. The van der Waals surface area contributed by atoms with Crippen molar-refractivity contribution < 1.29 is 9.21 Å². The fraction of sp³-hybridized carbons (Fsp3) is 0.385. The molecule has 0 amide bonds. The van der Waals surface area contributed by atoms with Crippen molar-refractivity contribution in [1.82, 2.24) is 14.7 Å². The lowest BCUT2D eigenvalue weighted by molar-refractivity contribution is 0.0996. The van der Waals surface area contributed by atoms with Gasteiger partial charge in [0.25, 0.3) is 0 Å². The van der Waals surface area contributed by atoms with Gasteiger partial charge in [-0.1, -0.05) is 0 Å². The monoisotopic (exact) mass is 325 g/mol. The molecule has 2 rings (SSSR count). The number of carbonyl (C=O) groups is 1. The highest BCUT2D eigenvalue weighted by molar-refractivity contribution is 9.10. The van der Waals surface area contributed by atoms with Crippen molar-refractivity contribution in [2.75, 3.05) is 20.6 Å². The van der Waals surface area contributed by atoms with E-state index in [-0.39, 0.29) is 5.78 Å². The van der Waals surface area contributed by atoms with Gasteiger partial charge in [-0.25, -0.2) is 0 Å². The molecule has 0 aromatic carbocycles. The molecule has 0 saturated heterocycles. The normalized spacial score (nSPS) is 11.2. The van der Waals surface area contributed by atoms with Gasteiger partial charge in [-0.15, -0.1) is 0 Å². The molecule has 2 aromatic heterocycles. The van der Waals surface area contributed by atoms with Crippen LogP contribution in [0.25, 0.3) is 0 Å². The van der Waals surface area contributed by atoms with E-state index in [0.29, 0.717) is 22.5 Å². The highest BCUT2D eigenvalue weighted by atomic mass is 79.9. The maximum atomic E-state index is 12.4. The standard InChI is InChI=1S/C13H16BrN3O2/c1-9-4-5-11(19-9)13(18)12-10(14)8-15-17(12)7-6-16(2)3/h4-5,8H,6-7H2,1-3H3.